The Labute approximate surface area is 94.5 Å². The van der Waals surface area contributed by atoms with E-state index in [9.17, 15) is 4.79 Å². The first-order valence-corrected chi connectivity index (χ1v) is 6.10. The maximum absolute atomic E-state index is 11.9. The Morgan fingerprint density at radius 2 is 2.19 bits per heavy atom. The van der Waals surface area contributed by atoms with Gasteiger partial charge in [-0.25, -0.2) is 4.98 Å². The summed E-state index contributed by atoms with van der Waals surface area (Å²) < 4.78 is 1.75. The molecule has 4 heteroatoms. The molecule has 3 rings (SSSR count). The van der Waals surface area contributed by atoms with Crippen LogP contribution in [-0.4, -0.2) is 15.6 Å². The third-order valence-corrected chi connectivity index (χ3v) is 3.79. The number of aromatic nitrogens is 2. The van der Waals surface area contributed by atoms with Gasteiger partial charge in [-0.15, -0.1) is 0 Å². The van der Waals surface area contributed by atoms with Crippen molar-refractivity contribution in [2.75, 3.05) is 0 Å². The maximum Gasteiger partial charge on any atom is 0.253 e. The van der Waals surface area contributed by atoms with E-state index in [0.29, 0.717) is 12.5 Å². The molecule has 1 aliphatic heterocycles. The quantitative estimate of drug-likeness (QED) is 0.759. The number of aryl methyl sites for hydroxylation is 1. The number of fused-ring (bicyclic) bond motifs is 1. The minimum Gasteiger partial charge on any atom is -0.326 e. The highest BCUT2D eigenvalue weighted by molar-refractivity contribution is 5.13. The van der Waals surface area contributed by atoms with Gasteiger partial charge in [0.1, 0.15) is 5.82 Å². The smallest absolute Gasteiger partial charge is 0.253 e. The largest absolute Gasteiger partial charge is 0.326 e. The first-order valence-electron chi connectivity index (χ1n) is 6.10. The minimum atomic E-state index is 0.0852. The molecule has 1 saturated carbocycles. The van der Waals surface area contributed by atoms with Crippen LogP contribution in [0, 0.1) is 0 Å². The van der Waals surface area contributed by atoms with Crippen molar-refractivity contribution < 1.29 is 0 Å². The summed E-state index contributed by atoms with van der Waals surface area (Å²) in [5.74, 6) is 1.48. The standard InChI is InChI=1S/C12H17N3O/c13-9-4-5-11-14-10(8-2-1-3-8)6-12(16)15(11)7-9/h6,8-9H,1-5,7,13H2. The number of rotatable bonds is 1. The van der Waals surface area contributed by atoms with Gasteiger partial charge < -0.3 is 5.73 Å². The lowest BCUT2D eigenvalue weighted by atomic mass is 9.83. The second-order valence-corrected chi connectivity index (χ2v) is 4.97. The molecule has 0 amide bonds. The molecule has 0 saturated heterocycles. The van der Waals surface area contributed by atoms with Gasteiger partial charge in [-0.1, -0.05) is 6.42 Å². The van der Waals surface area contributed by atoms with Crippen LogP contribution < -0.4 is 11.3 Å². The van der Waals surface area contributed by atoms with E-state index in [1.54, 1.807) is 10.6 Å². The Morgan fingerprint density at radius 1 is 1.38 bits per heavy atom. The number of nitrogens with zero attached hydrogens (tertiary/aromatic N) is 2. The normalized spacial score (nSPS) is 24.9. The van der Waals surface area contributed by atoms with Gasteiger partial charge in [0.05, 0.1) is 5.69 Å². The maximum atomic E-state index is 11.9. The van der Waals surface area contributed by atoms with E-state index in [1.165, 1.54) is 19.3 Å². The van der Waals surface area contributed by atoms with Crippen LogP contribution >= 0.6 is 0 Å². The molecule has 0 bridgehead atoms. The van der Waals surface area contributed by atoms with E-state index in [0.717, 1.165) is 24.4 Å². The minimum absolute atomic E-state index is 0.0852. The van der Waals surface area contributed by atoms with Gasteiger partial charge in [0, 0.05) is 31.0 Å². The van der Waals surface area contributed by atoms with Crippen LogP contribution in [0.25, 0.3) is 0 Å². The lowest BCUT2D eigenvalue weighted by Gasteiger charge is -2.27. The molecule has 86 valence electrons. The first-order chi connectivity index (χ1) is 7.74. The van der Waals surface area contributed by atoms with E-state index in [2.05, 4.69) is 4.98 Å². The number of hydrogen-bond acceptors (Lipinski definition) is 3. The second-order valence-electron chi connectivity index (χ2n) is 4.97. The summed E-state index contributed by atoms with van der Waals surface area (Å²) >= 11 is 0. The Balaban J connectivity index is 2.01. The average molecular weight is 219 g/mol. The number of nitrogens with two attached hydrogens (primary N) is 1. The molecule has 1 aliphatic carbocycles. The van der Waals surface area contributed by atoms with E-state index >= 15 is 0 Å². The van der Waals surface area contributed by atoms with E-state index in [-0.39, 0.29) is 11.6 Å². The van der Waals surface area contributed by atoms with Gasteiger partial charge in [-0.2, -0.15) is 0 Å². The van der Waals surface area contributed by atoms with Gasteiger partial charge in [0.2, 0.25) is 0 Å². The van der Waals surface area contributed by atoms with Gasteiger partial charge >= 0.3 is 0 Å². The van der Waals surface area contributed by atoms with Gasteiger partial charge in [-0.3, -0.25) is 9.36 Å². The fraction of sp³-hybridized carbons (Fsp3) is 0.667. The van der Waals surface area contributed by atoms with Gasteiger partial charge in [0.25, 0.3) is 5.56 Å². The van der Waals surface area contributed by atoms with Crippen LogP contribution in [0.2, 0.25) is 0 Å². The lowest BCUT2D eigenvalue weighted by Crippen LogP contribution is -2.39. The van der Waals surface area contributed by atoms with Gasteiger partial charge in [0.15, 0.2) is 0 Å². The molecule has 0 spiro atoms. The van der Waals surface area contributed by atoms with Crippen molar-refractivity contribution in [1.29, 1.82) is 0 Å². The van der Waals surface area contributed by atoms with Crippen LogP contribution in [0.3, 0.4) is 0 Å². The second kappa shape index (κ2) is 3.70. The Hall–Kier alpha value is -1.16. The summed E-state index contributed by atoms with van der Waals surface area (Å²) in [6.45, 7) is 0.631. The van der Waals surface area contributed by atoms with Crippen molar-refractivity contribution in [1.82, 2.24) is 9.55 Å². The topological polar surface area (TPSA) is 60.9 Å². The predicted molar refractivity (Wildman–Crippen MR) is 61.4 cm³/mol. The molecule has 1 aromatic rings. The summed E-state index contributed by atoms with van der Waals surface area (Å²) in [7, 11) is 0. The van der Waals surface area contributed by atoms with Crippen LogP contribution in [0.4, 0.5) is 0 Å². The summed E-state index contributed by atoms with van der Waals surface area (Å²) in [6.07, 6.45) is 5.44. The zero-order valence-electron chi connectivity index (χ0n) is 9.35. The summed E-state index contributed by atoms with van der Waals surface area (Å²) in [5.41, 5.74) is 6.96. The molecule has 2 N–H and O–H groups in total. The molecule has 1 atom stereocenters. The highest BCUT2D eigenvalue weighted by atomic mass is 16.1. The van der Waals surface area contributed by atoms with Crippen LogP contribution in [0.5, 0.6) is 0 Å². The third-order valence-electron chi connectivity index (χ3n) is 3.79. The molecule has 0 radical (unpaired) electrons. The molecule has 0 aromatic carbocycles. The van der Waals surface area contributed by atoms with Crippen LogP contribution in [-0.2, 0) is 13.0 Å². The molecule has 4 nitrogen and oxygen atoms in total. The van der Waals surface area contributed by atoms with Crippen molar-refractivity contribution in [3.63, 3.8) is 0 Å². The molecule has 2 heterocycles. The molecular formula is C12H17N3O. The molecule has 16 heavy (non-hydrogen) atoms. The monoisotopic (exact) mass is 219 g/mol. The van der Waals surface area contributed by atoms with Crippen LogP contribution in [0.15, 0.2) is 10.9 Å². The molecule has 1 fully saturated rings. The number of hydrogen-bond donors (Lipinski definition) is 1. The first kappa shape index (κ1) is 10.0. The summed E-state index contributed by atoms with van der Waals surface area (Å²) in [5, 5.41) is 0. The van der Waals surface area contributed by atoms with Crippen LogP contribution in [0.1, 0.15) is 43.1 Å². The zero-order valence-corrected chi connectivity index (χ0v) is 9.35. The van der Waals surface area contributed by atoms with Gasteiger partial charge in [-0.05, 0) is 19.3 Å². The summed E-state index contributed by atoms with van der Waals surface area (Å²) in [4.78, 5) is 16.6. The lowest BCUT2D eigenvalue weighted by molar-refractivity contribution is 0.393. The predicted octanol–water partition coefficient (Wildman–Crippen LogP) is 0.784. The highest BCUT2D eigenvalue weighted by Crippen LogP contribution is 2.34. The Kier molecular flexibility index (Phi) is 2.32. The fourth-order valence-electron chi connectivity index (χ4n) is 2.51. The van der Waals surface area contributed by atoms with Crippen molar-refractivity contribution in [3.05, 3.63) is 27.9 Å². The van der Waals surface area contributed by atoms with Crippen molar-refractivity contribution in [3.8, 4) is 0 Å². The van der Waals surface area contributed by atoms with E-state index in [1.807, 2.05) is 0 Å². The Bertz CT molecular complexity index is 462. The van der Waals surface area contributed by atoms with Crippen molar-refractivity contribution in [2.24, 2.45) is 5.73 Å². The Morgan fingerprint density at radius 3 is 2.88 bits per heavy atom. The fourth-order valence-corrected chi connectivity index (χ4v) is 2.51. The highest BCUT2D eigenvalue weighted by Gasteiger charge is 2.24. The SMILES string of the molecule is NC1CCc2nc(C3CCC3)cc(=O)n2C1. The summed E-state index contributed by atoms with van der Waals surface area (Å²) in [6, 6.07) is 1.83. The molecule has 1 unspecified atom stereocenters. The average Bonchev–Trinajstić information content (AvgIpc) is 2.17. The molecular weight excluding hydrogens is 202 g/mol. The third kappa shape index (κ3) is 1.57. The van der Waals surface area contributed by atoms with Crippen molar-refractivity contribution >= 4 is 0 Å². The van der Waals surface area contributed by atoms with E-state index in [4.69, 9.17) is 5.73 Å². The molecule has 2 aliphatic rings. The molecule has 1 aromatic heterocycles. The zero-order chi connectivity index (χ0) is 11.1. The van der Waals surface area contributed by atoms with Crippen molar-refractivity contribution in [2.45, 2.75) is 50.6 Å². The van der Waals surface area contributed by atoms with E-state index < -0.39 is 0 Å².